The summed E-state index contributed by atoms with van der Waals surface area (Å²) in [5.74, 6) is -0.869. The molecule has 0 aliphatic heterocycles. The van der Waals surface area contributed by atoms with Crippen LogP contribution in [-0.2, 0) is 57.2 Å². The molecule has 408 valence electrons. The van der Waals surface area contributed by atoms with Gasteiger partial charge in [0.2, 0.25) is 0 Å². The number of esters is 6. The fourth-order valence-electron chi connectivity index (χ4n) is 3.26. The van der Waals surface area contributed by atoms with E-state index in [1.807, 2.05) is 211 Å². The van der Waals surface area contributed by atoms with Crippen molar-refractivity contribution in [1.82, 2.24) is 29.4 Å². The molecule has 0 fully saturated rings. The molecular weight excluding hydrogens is 877 g/mol. The molecule has 0 aromatic carbocycles. The lowest BCUT2D eigenvalue weighted by atomic mass is 10.1. The molecule has 0 spiro atoms. The molecule has 0 aliphatic carbocycles. The van der Waals surface area contributed by atoms with E-state index in [4.69, 9.17) is 28.4 Å². The Morgan fingerprint density at radius 2 is 0.544 bits per heavy atom. The van der Waals surface area contributed by atoms with Gasteiger partial charge in [-0.25, -0.2) is 0 Å². The van der Waals surface area contributed by atoms with Gasteiger partial charge in [-0.05, 0) is 178 Å². The number of ether oxygens (including phenoxy) is 6. The molecule has 0 rings (SSSR count). The second kappa shape index (κ2) is 46.0. The maximum atomic E-state index is 11.6. The van der Waals surface area contributed by atoms with Crippen molar-refractivity contribution in [3.05, 3.63) is 0 Å². The second-order valence-corrected chi connectivity index (χ2v) is 18.1. The van der Waals surface area contributed by atoms with E-state index in [1.54, 1.807) is 0 Å². The van der Waals surface area contributed by atoms with Gasteiger partial charge < -0.3 is 28.4 Å². The van der Waals surface area contributed by atoms with E-state index >= 15 is 0 Å². The zero-order chi connectivity index (χ0) is 54.9. The van der Waals surface area contributed by atoms with Gasteiger partial charge in [-0.3, -0.25) is 58.2 Å². The van der Waals surface area contributed by atoms with Crippen LogP contribution >= 0.6 is 0 Å². The number of likely N-dealkylation sites (N-methyl/N-ethyl adjacent to an activating group) is 6. The van der Waals surface area contributed by atoms with E-state index in [0.717, 1.165) is 38.5 Å². The first kappa shape index (κ1) is 76.1. The molecule has 0 radical (unpaired) electrons. The summed E-state index contributed by atoms with van der Waals surface area (Å²) in [7, 11) is 22.3. The summed E-state index contributed by atoms with van der Waals surface area (Å²) in [6.07, 6.45) is 5.27. The Kier molecular flexibility index (Phi) is 51.5. The van der Waals surface area contributed by atoms with Gasteiger partial charge in [-0.2, -0.15) is 0 Å². The van der Waals surface area contributed by atoms with Gasteiger partial charge in [0.15, 0.2) is 0 Å². The van der Waals surface area contributed by atoms with Gasteiger partial charge in [0.05, 0.1) is 39.1 Å². The van der Waals surface area contributed by atoms with E-state index in [1.165, 1.54) is 0 Å². The highest BCUT2D eigenvalue weighted by molar-refractivity contribution is 5.80. The van der Waals surface area contributed by atoms with Gasteiger partial charge in [0.1, 0.15) is 35.7 Å². The molecule has 18 nitrogen and oxygen atoms in total. The van der Waals surface area contributed by atoms with Crippen molar-refractivity contribution in [3.8, 4) is 0 Å². The summed E-state index contributed by atoms with van der Waals surface area (Å²) in [5, 5.41) is 0. The molecule has 0 saturated carbocycles. The molecule has 0 bridgehead atoms. The Labute approximate surface area is 416 Å². The van der Waals surface area contributed by atoms with E-state index in [9.17, 15) is 28.8 Å². The van der Waals surface area contributed by atoms with E-state index in [2.05, 4.69) is 0 Å². The Morgan fingerprint density at radius 3 is 0.662 bits per heavy atom. The van der Waals surface area contributed by atoms with Crippen LogP contribution in [0.5, 0.6) is 0 Å². The van der Waals surface area contributed by atoms with E-state index in [-0.39, 0.29) is 72.1 Å². The first-order valence-electron chi connectivity index (χ1n) is 24.3. The minimum absolute atomic E-state index is 0.00623. The van der Waals surface area contributed by atoms with E-state index in [0.29, 0.717) is 33.0 Å². The van der Waals surface area contributed by atoms with Gasteiger partial charge >= 0.3 is 35.8 Å². The summed E-state index contributed by atoms with van der Waals surface area (Å²) in [6.45, 7) is 29.3. The molecule has 0 aliphatic rings. The summed E-state index contributed by atoms with van der Waals surface area (Å²) < 4.78 is 29.9. The molecule has 68 heavy (non-hydrogen) atoms. The Hall–Kier alpha value is -3.42. The molecule has 0 amide bonds. The Morgan fingerprint density at radius 1 is 0.368 bits per heavy atom. The second-order valence-electron chi connectivity index (χ2n) is 18.1. The molecule has 0 saturated heterocycles. The highest BCUT2D eigenvalue weighted by Gasteiger charge is 2.32. The van der Waals surface area contributed by atoms with Crippen LogP contribution in [0, 0.1) is 0 Å². The van der Waals surface area contributed by atoms with Gasteiger partial charge in [-0.15, -0.1) is 0 Å². The van der Waals surface area contributed by atoms with Crippen molar-refractivity contribution in [3.63, 3.8) is 0 Å². The summed E-state index contributed by atoms with van der Waals surface area (Å²) in [4.78, 5) is 78.0. The van der Waals surface area contributed by atoms with Crippen molar-refractivity contribution in [2.24, 2.45) is 0 Å². The average Bonchev–Trinajstić information content (AvgIpc) is 3.29. The third-order valence-corrected chi connectivity index (χ3v) is 10.3. The maximum absolute atomic E-state index is 11.6. The van der Waals surface area contributed by atoms with Gasteiger partial charge in [0, 0.05) is 0 Å². The molecule has 0 aromatic rings. The highest BCUT2D eigenvalue weighted by Crippen LogP contribution is 2.14. The molecule has 0 heterocycles. The van der Waals surface area contributed by atoms with Crippen molar-refractivity contribution in [1.29, 1.82) is 0 Å². The quantitative estimate of drug-likeness (QED) is 0.0798. The Balaban J connectivity index is -0.000000170. The molecule has 18 heteroatoms. The SMILES string of the molecule is CCC(C)OC(=O)C(C)(C)N(C)C.CCCOC(=O)C(C)N(C)C.CCCOC(=O)C(C)N(C)C.CCCOC(=O)C(C)N(C)C.CCCOC(=O)C(C)N(C)C.CCCOC(=O)C(C)N(C)C. The first-order chi connectivity index (χ1) is 31.3. The van der Waals surface area contributed by atoms with Crippen LogP contribution in [0.1, 0.15) is 135 Å². The van der Waals surface area contributed by atoms with Crippen molar-refractivity contribution >= 4 is 35.8 Å². The highest BCUT2D eigenvalue weighted by atomic mass is 16.6. The van der Waals surface area contributed by atoms with Gasteiger partial charge in [0.25, 0.3) is 0 Å². The zero-order valence-corrected chi connectivity index (χ0v) is 48.3. The number of rotatable bonds is 24. The van der Waals surface area contributed by atoms with Crippen molar-refractivity contribution < 1.29 is 57.2 Å². The van der Waals surface area contributed by atoms with Gasteiger partial charge in [-0.1, -0.05) is 41.5 Å². The zero-order valence-electron chi connectivity index (χ0n) is 48.3. The molecule has 0 N–H and O–H groups in total. The number of carbonyl (C=O) groups excluding carboxylic acids is 6. The fourth-order valence-corrected chi connectivity index (χ4v) is 3.26. The summed E-state index contributed by atoms with van der Waals surface area (Å²) in [5.41, 5.74) is -0.538. The molecule has 0 aromatic heterocycles. The monoisotopic (exact) mass is 983 g/mol. The number of nitrogens with zero attached hydrogens (tertiary/aromatic N) is 6. The predicted molar refractivity (Wildman–Crippen MR) is 276 cm³/mol. The minimum atomic E-state index is -0.538. The number of carbonyl (C=O) groups is 6. The lowest BCUT2D eigenvalue weighted by Crippen LogP contribution is -2.47. The lowest BCUT2D eigenvalue weighted by molar-refractivity contribution is -0.159. The van der Waals surface area contributed by atoms with Crippen molar-refractivity contribution in [2.75, 3.05) is 118 Å². The van der Waals surface area contributed by atoms with Crippen molar-refractivity contribution in [2.45, 2.75) is 177 Å². The fraction of sp³-hybridized carbons (Fsp3) is 0.880. The largest absolute Gasteiger partial charge is 0.465 e. The van der Waals surface area contributed by atoms with Crippen LogP contribution in [0.4, 0.5) is 0 Å². The molecule has 6 atom stereocenters. The smallest absolute Gasteiger partial charge is 0.326 e. The normalized spacial score (nSPS) is 13.4. The summed E-state index contributed by atoms with van der Waals surface area (Å²) >= 11 is 0. The maximum Gasteiger partial charge on any atom is 0.326 e. The molecule has 6 unspecified atom stereocenters. The van der Waals surface area contributed by atoms with Crippen LogP contribution in [0.2, 0.25) is 0 Å². The average molecular weight is 983 g/mol. The standard InChI is InChI=1S/C10H21NO2.5C8H17NO2/c1-7-8(2)13-9(12)10(3,4)11(5)6;5*1-5-6-11-8(10)7(2)9(3)4/h8H,7H2,1-6H3;5*7H,5-6H2,1-4H3. The lowest BCUT2D eigenvalue weighted by Gasteiger charge is -2.30. The number of hydrogen-bond donors (Lipinski definition) is 0. The third kappa shape index (κ3) is 42.7. The summed E-state index contributed by atoms with van der Waals surface area (Å²) in [6, 6.07) is -0.687. The Bertz CT molecular complexity index is 1110. The van der Waals surface area contributed by atoms with Crippen LogP contribution in [-0.4, -0.2) is 225 Å². The topological polar surface area (TPSA) is 177 Å². The van der Waals surface area contributed by atoms with Crippen LogP contribution < -0.4 is 0 Å². The molecular formula is C50H106N6O12. The minimum Gasteiger partial charge on any atom is -0.465 e. The van der Waals surface area contributed by atoms with Crippen LogP contribution in [0.15, 0.2) is 0 Å². The van der Waals surface area contributed by atoms with Crippen LogP contribution in [0.3, 0.4) is 0 Å². The predicted octanol–water partition coefficient (Wildman–Crippen LogP) is 6.12. The third-order valence-electron chi connectivity index (χ3n) is 10.3. The van der Waals surface area contributed by atoms with Crippen LogP contribution in [0.25, 0.3) is 0 Å². The number of hydrogen-bond acceptors (Lipinski definition) is 18. The first-order valence-corrected chi connectivity index (χ1v) is 24.3. The van der Waals surface area contributed by atoms with E-state index < -0.39 is 5.54 Å².